The van der Waals surface area contributed by atoms with Crippen molar-refractivity contribution in [2.75, 3.05) is 57.1 Å². The van der Waals surface area contributed by atoms with Crippen molar-refractivity contribution in [3.63, 3.8) is 0 Å². The fourth-order valence-electron chi connectivity index (χ4n) is 10.3. The Labute approximate surface area is 444 Å². The standard InChI is InChI=1S/C59H56N14O4/c1-4-49(74)71-31-7-12-47(71)57-67-53(54-56(61)63-28-32-72(54)57)40-18-20-41(21-19-40)59(76)66-48-34-43(26-27-62-48)38-16-14-37(15-17-38)42-9-5-11-46(33-42)77-45-24-22-39(23-25-45)52-51-55(60)64-36-65-58(51)73(68-52)44-10-6-30-70(35-44)50(75)13-8-29-69(2)3/h4-5,8-9,11,13-28,32-34,36,44,47H,1,6-7,10,12,29-31,35H2,2-3H3,(H2,61,63)(H2,60,64,65)(H,62,66,76)/b13-8+/t44-,47+/m1/s1. The monoisotopic (exact) mass is 1020 g/mol. The van der Waals surface area contributed by atoms with E-state index >= 15 is 0 Å². The molecule has 9 aromatic rings. The third-order valence-corrected chi connectivity index (χ3v) is 14.1. The van der Waals surface area contributed by atoms with E-state index in [4.69, 9.17) is 26.3 Å². The van der Waals surface area contributed by atoms with Crippen molar-refractivity contribution in [3.05, 3.63) is 170 Å². The normalized spacial score (nSPS) is 15.7. The number of aromatic nitrogens is 8. The highest BCUT2D eigenvalue weighted by Crippen LogP contribution is 2.38. The van der Waals surface area contributed by atoms with E-state index in [1.54, 1.807) is 41.7 Å². The summed E-state index contributed by atoms with van der Waals surface area (Å²) in [5.41, 5.74) is 21.2. The average molecular weight is 1030 g/mol. The number of anilines is 3. The molecule has 5 N–H and O–H groups in total. The highest BCUT2D eigenvalue weighted by atomic mass is 16.5. The molecule has 3 amide bonds. The van der Waals surface area contributed by atoms with Gasteiger partial charge in [0.1, 0.15) is 58.0 Å². The number of nitrogens with one attached hydrogen (secondary N) is 1. The molecule has 0 spiro atoms. The Bertz CT molecular complexity index is 3720. The summed E-state index contributed by atoms with van der Waals surface area (Å²) in [6, 6.07) is 34.4. The predicted molar refractivity (Wildman–Crippen MR) is 298 cm³/mol. The largest absolute Gasteiger partial charge is 0.457 e. The van der Waals surface area contributed by atoms with Crippen LogP contribution >= 0.6 is 0 Å². The van der Waals surface area contributed by atoms with Gasteiger partial charge in [0, 0.05) is 67.5 Å². The Hall–Kier alpha value is -9.55. The SMILES string of the molecule is C=CC(=O)N1CCC[C@H]1c1nc(-c2ccc(C(=O)Nc3cc(-c4ccc(-c5cccc(Oc6ccc(-c7nn([C@@H]8CCCN(C(=O)/C=C/CN(C)C)C8)c8ncnc(N)c78)cc6)c5)cc4)ccn3)cc2)c2c(N)nccn12. The van der Waals surface area contributed by atoms with Crippen molar-refractivity contribution in [3.8, 4) is 56.3 Å². The summed E-state index contributed by atoms with van der Waals surface area (Å²) in [5.74, 6) is 2.59. The van der Waals surface area contributed by atoms with E-state index in [1.807, 2.05) is 124 Å². The second kappa shape index (κ2) is 21.4. The third kappa shape index (κ3) is 10.2. The molecule has 2 saturated heterocycles. The number of amides is 3. The topological polar surface area (TPSA) is 221 Å². The van der Waals surface area contributed by atoms with E-state index in [1.165, 1.54) is 12.4 Å². The van der Waals surface area contributed by atoms with Crippen LogP contribution in [0, 0.1) is 0 Å². The summed E-state index contributed by atoms with van der Waals surface area (Å²) in [7, 11) is 3.94. The zero-order valence-corrected chi connectivity index (χ0v) is 42.7. The zero-order chi connectivity index (χ0) is 53.2. The van der Waals surface area contributed by atoms with E-state index in [9.17, 15) is 14.4 Å². The van der Waals surface area contributed by atoms with Gasteiger partial charge in [-0.05, 0) is 129 Å². The van der Waals surface area contributed by atoms with Crippen LogP contribution in [0.4, 0.5) is 17.5 Å². The maximum absolute atomic E-state index is 13.6. The molecule has 0 bridgehead atoms. The minimum atomic E-state index is -0.321. The van der Waals surface area contributed by atoms with Crippen molar-refractivity contribution in [1.82, 2.24) is 53.8 Å². The van der Waals surface area contributed by atoms with Gasteiger partial charge in [-0.2, -0.15) is 5.10 Å². The summed E-state index contributed by atoms with van der Waals surface area (Å²) < 4.78 is 10.2. The van der Waals surface area contributed by atoms with E-state index < -0.39 is 0 Å². The molecule has 77 heavy (non-hydrogen) atoms. The first-order valence-corrected chi connectivity index (χ1v) is 25.5. The molecular weight excluding hydrogens is 969 g/mol. The number of nitrogens with two attached hydrogens (primary N) is 2. The van der Waals surface area contributed by atoms with E-state index in [-0.39, 0.29) is 29.8 Å². The number of likely N-dealkylation sites (N-methyl/N-ethyl adjacent to an activating group) is 1. The Balaban J connectivity index is 0.743. The van der Waals surface area contributed by atoms with Gasteiger partial charge in [-0.25, -0.2) is 29.6 Å². The van der Waals surface area contributed by atoms with Gasteiger partial charge in [0.25, 0.3) is 5.91 Å². The van der Waals surface area contributed by atoms with Gasteiger partial charge in [-0.15, -0.1) is 0 Å². The molecule has 18 nitrogen and oxygen atoms in total. The number of carbonyl (C=O) groups is 3. The molecule has 0 aliphatic carbocycles. The number of imidazole rings is 1. The third-order valence-electron chi connectivity index (χ3n) is 14.1. The first kappa shape index (κ1) is 49.7. The van der Waals surface area contributed by atoms with Crippen LogP contribution in [0.1, 0.15) is 53.9 Å². The minimum absolute atomic E-state index is 0.0111. The number of hydrogen-bond acceptors (Lipinski definition) is 13. The fourth-order valence-corrected chi connectivity index (χ4v) is 10.3. The number of rotatable bonds is 14. The van der Waals surface area contributed by atoms with Crippen LogP contribution in [0.15, 0.2) is 159 Å². The molecule has 2 atom stereocenters. The van der Waals surface area contributed by atoms with Crippen LogP contribution < -0.4 is 21.5 Å². The van der Waals surface area contributed by atoms with Gasteiger partial charge >= 0.3 is 0 Å². The van der Waals surface area contributed by atoms with Crippen molar-refractivity contribution in [2.45, 2.75) is 37.8 Å². The molecule has 2 fully saturated rings. The lowest BCUT2D eigenvalue weighted by Gasteiger charge is -2.32. The number of hydrogen-bond donors (Lipinski definition) is 3. The van der Waals surface area contributed by atoms with Crippen molar-refractivity contribution in [2.24, 2.45) is 0 Å². The molecule has 7 heterocycles. The summed E-state index contributed by atoms with van der Waals surface area (Å²) in [6.07, 6.45) is 14.7. The van der Waals surface area contributed by atoms with E-state index in [0.717, 1.165) is 59.1 Å². The summed E-state index contributed by atoms with van der Waals surface area (Å²) in [4.78, 5) is 67.7. The highest BCUT2D eigenvalue weighted by molar-refractivity contribution is 6.04. The van der Waals surface area contributed by atoms with Crippen LogP contribution in [0.25, 0.3) is 61.3 Å². The Kier molecular flexibility index (Phi) is 13.8. The van der Waals surface area contributed by atoms with Gasteiger partial charge in [0.15, 0.2) is 5.65 Å². The van der Waals surface area contributed by atoms with Gasteiger partial charge in [-0.3, -0.25) is 18.8 Å². The highest BCUT2D eigenvalue weighted by Gasteiger charge is 2.34. The molecule has 5 aromatic heterocycles. The van der Waals surface area contributed by atoms with Gasteiger partial charge in [0.2, 0.25) is 11.8 Å². The summed E-state index contributed by atoms with van der Waals surface area (Å²) in [5, 5.41) is 8.68. The fraction of sp³-hybridized carbons (Fsp3) is 0.203. The van der Waals surface area contributed by atoms with Crippen LogP contribution in [-0.2, 0) is 9.59 Å². The first-order chi connectivity index (χ1) is 37.5. The van der Waals surface area contributed by atoms with Crippen molar-refractivity contribution < 1.29 is 19.1 Å². The Morgan fingerprint density at radius 1 is 0.753 bits per heavy atom. The number of fused-ring (bicyclic) bond motifs is 2. The summed E-state index contributed by atoms with van der Waals surface area (Å²) in [6.45, 7) is 6.19. The van der Waals surface area contributed by atoms with Gasteiger partial charge in [0.05, 0.1) is 17.5 Å². The van der Waals surface area contributed by atoms with Gasteiger partial charge in [-0.1, -0.05) is 61.2 Å². The number of piperidine rings is 1. The summed E-state index contributed by atoms with van der Waals surface area (Å²) >= 11 is 0. The second-order valence-electron chi connectivity index (χ2n) is 19.4. The quantitative estimate of drug-likeness (QED) is 0.0866. The lowest BCUT2D eigenvalue weighted by Crippen LogP contribution is -2.40. The number of likely N-dealkylation sites (tertiary alicyclic amines) is 2. The Morgan fingerprint density at radius 2 is 1.48 bits per heavy atom. The predicted octanol–water partition coefficient (Wildman–Crippen LogP) is 9.27. The van der Waals surface area contributed by atoms with Crippen LogP contribution in [-0.4, -0.2) is 112 Å². The molecule has 386 valence electrons. The zero-order valence-electron chi connectivity index (χ0n) is 42.7. The van der Waals surface area contributed by atoms with Crippen LogP contribution in [0.3, 0.4) is 0 Å². The maximum Gasteiger partial charge on any atom is 0.256 e. The van der Waals surface area contributed by atoms with E-state index in [0.29, 0.717) is 94.5 Å². The second-order valence-corrected chi connectivity index (χ2v) is 19.4. The molecular formula is C59H56N14O4. The first-order valence-electron chi connectivity index (χ1n) is 25.5. The molecule has 2 aliphatic heterocycles. The average Bonchev–Trinajstić information content (AvgIpc) is 4.28. The lowest BCUT2D eigenvalue weighted by molar-refractivity contribution is -0.128. The molecule has 0 radical (unpaired) electrons. The van der Waals surface area contributed by atoms with Gasteiger partial charge < -0.3 is 36.2 Å². The number of nitrogens with zero attached hydrogens (tertiary/aromatic N) is 11. The smallest absolute Gasteiger partial charge is 0.256 e. The van der Waals surface area contributed by atoms with Crippen LogP contribution in [0.5, 0.6) is 11.5 Å². The number of nitrogen functional groups attached to an aromatic ring is 2. The van der Waals surface area contributed by atoms with Crippen LogP contribution in [0.2, 0.25) is 0 Å². The maximum atomic E-state index is 13.6. The minimum Gasteiger partial charge on any atom is -0.457 e. The molecule has 0 unspecified atom stereocenters. The molecule has 18 heteroatoms. The molecule has 0 saturated carbocycles. The molecule has 11 rings (SSSR count). The number of carbonyl (C=O) groups excluding carboxylic acids is 3. The number of pyridine rings is 1. The molecule has 2 aliphatic rings. The van der Waals surface area contributed by atoms with Crippen molar-refractivity contribution in [1.29, 1.82) is 0 Å². The van der Waals surface area contributed by atoms with Crippen molar-refractivity contribution >= 4 is 51.7 Å². The Morgan fingerprint density at radius 3 is 2.25 bits per heavy atom. The number of ether oxygens (including phenoxy) is 1. The van der Waals surface area contributed by atoms with E-state index in [2.05, 4.69) is 44.0 Å². The lowest BCUT2D eigenvalue weighted by atomic mass is 10.0. The number of benzene rings is 4. The molecule has 4 aromatic carbocycles.